The van der Waals surface area contributed by atoms with Crippen LogP contribution in [0.3, 0.4) is 0 Å². The van der Waals surface area contributed by atoms with Crippen LogP contribution in [0.25, 0.3) is 0 Å². The maximum atomic E-state index is 13.0. The molecule has 270 valence electrons. The number of fused-ring (bicyclic) bond motifs is 5. The fraction of sp³-hybridized carbons (Fsp3) is 0.902. The predicted octanol–water partition coefficient (Wildman–Crippen LogP) is 8.66. The van der Waals surface area contributed by atoms with E-state index in [0.717, 1.165) is 73.5 Å². The minimum atomic E-state index is -0.237. The third kappa shape index (κ3) is 9.04. The fourth-order valence-corrected chi connectivity index (χ4v) is 11.1. The molecule has 0 bridgehead atoms. The lowest BCUT2D eigenvalue weighted by Crippen LogP contribution is -2.51. The molecule has 6 heteroatoms. The van der Waals surface area contributed by atoms with Crippen molar-refractivity contribution in [3.8, 4) is 0 Å². The minimum Gasteiger partial charge on any atom is -0.462 e. The maximum Gasteiger partial charge on any atom is 0.306 e. The number of nitrogens with two attached hydrogens (primary N) is 2. The number of carbonyl (C=O) groups excluding carboxylic acids is 2. The Morgan fingerprint density at radius 3 is 2.19 bits per heavy atom. The number of hydrogen-bond acceptors (Lipinski definition) is 5. The van der Waals surface area contributed by atoms with Gasteiger partial charge in [0.15, 0.2) is 0 Å². The smallest absolute Gasteiger partial charge is 0.306 e. The van der Waals surface area contributed by atoms with Gasteiger partial charge in [-0.1, -0.05) is 66.0 Å². The molecule has 0 saturated heterocycles. The molecule has 1 amide bonds. The molecule has 4 aliphatic rings. The van der Waals surface area contributed by atoms with Gasteiger partial charge in [0.1, 0.15) is 6.10 Å². The van der Waals surface area contributed by atoms with Crippen LogP contribution in [-0.4, -0.2) is 48.1 Å². The van der Waals surface area contributed by atoms with Gasteiger partial charge in [0.2, 0.25) is 5.91 Å². The molecule has 47 heavy (non-hydrogen) atoms. The second-order valence-electron chi connectivity index (χ2n) is 17.7. The van der Waals surface area contributed by atoms with Gasteiger partial charge in [0.25, 0.3) is 0 Å². The van der Waals surface area contributed by atoms with Gasteiger partial charge in [0.05, 0.1) is 6.42 Å². The molecule has 0 aromatic heterocycles. The summed E-state index contributed by atoms with van der Waals surface area (Å²) in [7, 11) is 0. The van der Waals surface area contributed by atoms with E-state index in [9.17, 15) is 9.59 Å². The van der Waals surface area contributed by atoms with Gasteiger partial charge in [0, 0.05) is 38.0 Å². The van der Waals surface area contributed by atoms with Crippen LogP contribution in [0.4, 0.5) is 0 Å². The van der Waals surface area contributed by atoms with Crippen molar-refractivity contribution >= 4 is 11.9 Å². The van der Waals surface area contributed by atoms with Crippen LogP contribution >= 0.6 is 0 Å². The van der Waals surface area contributed by atoms with Gasteiger partial charge in [-0.05, 0) is 130 Å². The molecule has 4 N–H and O–H groups in total. The zero-order valence-electron chi connectivity index (χ0n) is 31.7. The zero-order valence-corrected chi connectivity index (χ0v) is 31.7. The van der Waals surface area contributed by atoms with Crippen LogP contribution in [-0.2, 0) is 14.3 Å². The molecule has 3 fully saturated rings. The summed E-state index contributed by atoms with van der Waals surface area (Å²) in [5.74, 6) is 5.53. The largest absolute Gasteiger partial charge is 0.462 e. The van der Waals surface area contributed by atoms with Crippen molar-refractivity contribution in [2.24, 2.45) is 63.7 Å². The van der Waals surface area contributed by atoms with Gasteiger partial charge < -0.3 is 21.1 Å². The molecule has 4 rings (SSSR count). The Morgan fingerprint density at radius 2 is 1.57 bits per heavy atom. The van der Waals surface area contributed by atoms with Crippen molar-refractivity contribution in [3.05, 3.63) is 11.6 Å². The van der Waals surface area contributed by atoms with E-state index >= 15 is 0 Å². The van der Waals surface area contributed by atoms with E-state index in [1.165, 1.54) is 51.4 Å². The van der Waals surface area contributed by atoms with Gasteiger partial charge in [-0.2, -0.15) is 0 Å². The van der Waals surface area contributed by atoms with Crippen LogP contribution in [0.15, 0.2) is 11.6 Å². The SMILES string of the molecule is CC[C@H](CC[C@@H](C)[C@H]1CC[C@H]2[C@@H]3CC=C4C[C@@H](OC(=O)CCC(=O)N(CCC(C)N)CCC(C)N)CC[C@]4(C)[C@H]3CC[C@]12C)C(C)C. The maximum absolute atomic E-state index is 13.0. The molecule has 6 nitrogen and oxygen atoms in total. The Hall–Kier alpha value is -1.40. The Kier molecular flexibility index (Phi) is 13.5. The first-order chi connectivity index (χ1) is 22.2. The van der Waals surface area contributed by atoms with Crippen molar-refractivity contribution in [1.29, 1.82) is 0 Å². The van der Waals surface area contributed by atoms with Crippen molar-refractivity contribution in [3.63, 3.8) is 0 Å². The molecule has 3 saturated carbocycles. The first kappa shape index (κ1) is 38.4. The molecule has 0 aromatic rings. The second kappa shape index (κ2) is 16.5. The van der Waals surface area contributed by atoms with E-state index < -0.39 is 0 Å². The van der Waals surface area contributed by atoms with Crippen LogP contribution in [0, 0.1) is 52.3 Å². The molecule has 11 atom stereocenters. The summed E-state index contributed by atoms with van der Waals surface area (Å²) in [5.41, 5.74) is 14.2. The number of carbonyl (C=O) groups is 2. The molecule has 4 aliphatic carbocycles. The first-order valence-corrected chi connectivity index (χ1v) is 19.9. The van der Waals surface area contributed by atoms with Crippen LogP contribution in [0.5, 0.6) is 0 Å². The highest BCUT2D eigenvalue weighted by molar-refractivity contribution is 5.81. The van der Waals surface area contributed by atoms with E-state index in [-0.39, 0.29) is 48.3 Å². The monoisotopic (exact) mass is 656 g/mol. The Balaban J connectivity index is 1.31. The first-order valence-electron chi connectivity index (χ1n) is 19.9. The summed E-state index contributed by atoms with van der Waals surface area (Å²) in [6, 6.07) is 0.0593. The number of rotatable bonds is 16. The van der Waals surface area contributed by atoms with Crippen molar-refractivity contribution in [1.82, 2.24) is 4.90 Å². The summed E-state index contributed by atoms with van der Waals surface area (Å²) in [6.07, 6.45) is 18.1. The van der Waals surface area contributed by atoms with Gasteiger partial charge in [-0.3, -0.25) is 9.59 Å². The molecule has 2 unspecified atom stereocenters. The lowest BCUT2D eigenvalue weighted by molar-refractivity contribution is -0.153. The highest BCUT2D eigenvalue weighted by atomic mass is 16.5. The summed E-state index contributed by atoms with van der Waals surface area (Å²) in [4.78, 5) is 27.8. The number of esters is 1. The fourth-order valence-electron chi connectivity index (χ4n) is 11.1. The van der Waals surface area contributed by atoms with Crippen LogP contribution in [0.1, 0.15) is 152 Å². The lowest BCUT2D eigenvalue weighted by Gasteiger charge is -2.58. The lowest BCUT2D eigenvalue weighted by atomic mass is 9.47. The van der Waals surface area contributed by atoms with Crippen molar-refractivity contribution < 1.29 is 14.3 Å². The van der Waals surface area contributed by atoms with Gasteiger partial charge in [-0.15, -0.1) is 0 Å². The third-order valence-electron chi connectivity index (χ3n) is 14.2. The van der Waals surface area contributed by atoms with E-state index in [1.807, 2.05) is 18.7 Å². The molecular weight excluding hydrogens is 582 g/mol. The van der Waals surface area contributed by atoms with Crippen LogP contribution in [0.2, 0.25) is 0 Å². The molecule has 0 aromatic carbocycles. The standard InChI is InChI=1S/C41H73N3O3/c1-9-31(27(2)3)11-10-28(4)35-14-15-36-34-13-12-32-26-33(18-22-40(32,7)37(34)19-23-41(35,36)8)47-39(46)17-16-38(45)44(24-20-29(5)42)25-21-30(6)43/h12,27-31,33-37H,9-11,13-26,42-43H2,1-8H3/t28-,29?,30?,31-,33+,34+,35-,36+,37+,40+,41-/m1/s1. The van der Waals surface area contributed by atoms with E-state index in [4.69, 9.17) is 16.2 Å². The Morgan fingerprint density at radius 1 is 0.894 bits per heavy atom. The van der Waals surface area contributed by atoms with Crippen LogP contribution < -0.4 is 11.5 Å². The minimum absolute atomic E-state index is 0.00550. The molecule has 0 aliphatic heterocycles. The Labute approximate surface area is 289 Å². The van der Waals surface area contributed by atoms with E-state index in [1.54, 1.807) is 5.57 Å². The summed E-state index contributed by atoms with van der Waals surface area (Å²) in [6.45, 7) is 20.1. The third-order valence-corrected chi connectivity index (χ3v) is 14.2. The van der Waals surface area contributed by atoms with E-state index in [2.05, 4.69) is 47.6 Å². The van der Waals surface area contributed by atoms with Gasteiger partial charge >= 0.3 is 5.97 Å². The highest BCUT2D eigenvalue weighted by Crippen LogP contribution is 2.67. The number of allylic oxidation sites excluding steroid dienone is 1. The topological polar surface area (TPSA) is 98.7 Å². The summed E-state index contributed by atoms with van der Waals surface area (Å²) < 4.78 is 6.05. The Bertz CT molecular complexity index is 1060. The summed E-state index contributed by atoms with van der Waals surface area (Å²) >= 11 is 0. The molecular formula is C41H73N3O3. The highest BCUT2D eigenvalue weighted by Gasteiger charge is 2.59. The van der Waals surface area contributed by atoms with E-state index in [0.29, 0.717) is 18.5 Å². The van der Waals surface area contributed by atoms with Crippen molar-refractivity contribution in [2.45, 2.75) is 170 Å². The quantitative estimate of drug-likeness (QED) is 0.128. The molecule has 0 radical (unpaired) electrons. The normalized spacial score (nSPS) is 34.4. The predicted molar refractivity (Wildman–Crippen MR) is 194 cm³/mol. The zero-order chi connectivity index (χ0) is 34.5. The summed E-state index contributed by atoms with van der Waals surface area (Å²) in [5, 5.41) is 0. The number of nitrogens with zero attached hydrogens (tertiary/aromatic N) is 1. The van der Waals surface area contributed by atoms with Gasteiger partial charge in [-0.25, -0.2) is 0 Å². The molecule has 0 heterocycles. The second-order valence-corrected chi connectivity index (χ2v) is 17.7. The average molecular weight is 656 g/mol. The number of amides is 1. The number of hydrogen-bond donors (Lipinski definition) is 2. The van der Waals surface area contributed by atoms with Crippen molar-refractivity contribution in [2.75, 3.05) is 13.1 Å². The average Bonchev–Trinajstić information content (AvgIpc) is 3.37. The number of ether oxygens (including phenoxy) is 1. The molecule has 0 spiro atoms.